The SMILES string of the molecule is CCCCN(CCCC)CCCNC(=O)C1CCC2S/C(=C\c3ccccc3)C(=O)NC2C1. The monoisotopic (exact) mass is 471 g/mol. The molecule has 0 aromatic heterocycles. The van der Waals surface area contributed by atoms with Crippen LogP contribution in [-0.4, -0.2) is 54.2 Å². The molecule has 2 fully saturated rings. The average Bonchev–Trinajstić information content (AvgIpc) is 2.83. The van der Waals surface area contributed by atoms with Gasteiger partial charge < -0.3 is 15.5 Å². The minimum atomic E-state index is -0.00888. The average molecular weight is 472 g/mol. The zero-order valence-electron chi connectivity index (χ0n) is 20.4. The van der Waals surface area contributed by atoms with Gasteiger partial charge in [-0.3, -0.25) is 9.59 Å². The van der Waals surface area contributed by atoms with Crippen LogP contribution in [0.3, 0.4) is 0 Å². The van der Waals surface area contributed by atoms with E-state index in [4.69, 9.17) is 0 Å². The highest BCUT2D eigenvalue weighted by Crippen LogP contribution is 2.39. The molecule has 1 saturated carbocycles. The van der Waals surface area contributed by atoms with Gasteiger partial charge in [-0.05, 0) is 69.8 Å². The summed E-state index contributed by atoms with van der Waals surface area (Å²) in [5.41, 5.74) is 1.05. The zero-order valence-corrected chi connectivity index (χ0v) is 21.2. The molecule has 1 aliphatic heterocycles. The zero-order chi connectivity index (χ0) is 23.5. The van der Waals surface area contributed by atoms with Crippen molar-refractivity contribution in [3.63, 3.8) is 0 Å². The number of nitrogens with zero attached hydrogens (tertiary/aromatic N) is 1. The van der Waals surface area contributed by atoms with Crippen molar-refractivity contribution >= 4 is 29.7 Å². The normalized spacial score (nSPS) is 23.9. The highest BCUT2D eigenvalue weighted by atomic mass is 32.2. The molecule has 6 heteroatoms. The lowest BCUT2D eigenvalue weighted by atomic mass is 9.84. The Labute approximate surface area is 204 Å². The van der Waals surface area contributed by atoms with Crippen LogP contribution in [-0.2, 0) is 9.59 Å². The molecule has 1 saturated heterocycles. The van der Waals surface area contributed by atoms with Crippen LogP contribution >= 0.6 is 11.8 Å². The molecule has 33 heavy (non-hydrogen) atoms. The standard InChI is InChI=1S/C27H41N3O2S/c1-3-5-16-30(17-6-4-2)18-10-15-28-26(31)22-13-14-24-23(20-22)29-27(32)25(33-24)19-21-11-8-7-9-12-21/h7-9,11-12,19,22-24H,3-6,10,13-18,20H2,1-2H3,(H,28,31)(H,29,32)/b25-19-. The second kappa shape index (κ2) is 13.8. The van der Waals surface area contributed by atoms with Gasteiger partial charge in [-0.25, -0.2) is 0 Å². The van der Waals surface area contributed by atoms with E-state index in [2.05, 4.69) is 29.4 Å². The second-order valence-electron chi connectivity index (χ2n) is 9.36. The summed E-state index contributed by atoms with van der Waals surface area (Å²) in [6.45, 7) is 8.59. The van der Waals surface area contributed by atoms with E-state index in [1.807, 2.05) is 36.4 Å². The van der Waals surface area contributed by atoms with Crippen molar-refractivity contribution in [1.29, 1.82) is 0 Å². The smallest absolute Gasteiger partial charge is 0.257 e. The van der Waals surface area contributed by atoms with Crippen molar-refractivity contribution in [3.05, 3.63) is 40.8 Å². The molecule has 182 valence electrons. The first-order valence-electron chi connectivity index (χ1n) is 12.8. The topological polar surface area (TPSA) is 61.4 Å². The van der Waals surface area contributed by atoms with Crippen LogP contribution in [0, 0.1) is 5.92 Å². The number of hydrogen-bond acceptors (Lipinski definition) is 4. The van der Waals surface area contributed by atoms with Crippen LogP contribution < -0.4 is 10.6 Å². The number of thioether (sulfide) groups is 1. The van der Waals surface area contributed by atoms with Gasteiger partial charge in [0.1, 0.15) is 0 Å². The molecule has 1 aromatic carbocycles. The van der Waals surface area contributed by atoms with Gasteiger partial charge in [-0.2, -0.15) is 0 Å². The Hall–Kier alpha value is -1.79. The number of unbranched alkanes of at least 4 members (excludes halogenated alkanes) is 2. The number of fused-ring (bicyclic) bond motifs is 1. The van der Waals surface area contributed by atoms with Crippen LogP contribution in [0.5, 0.6) is 0 Å². The van der Waals surface area contributed by atoms with Gasteiger partial charge in [-0.1, -0.05) is 57.0 Å². The summed E-state index contributed by atoms with van der Waals surface area (Å²) >= 11 is 1.68. The molecule has 1 heterocycles. The third-order valence-corrected chi connectivity index (χ3v) is 8.10. The third kappa shape index (κ3) is 8.18. The molecular formula is C27H41N3O2S. The number of nitrogens with one attached hydrogen (secondary N) is 2. The summed E-state index contributed by atoms with van der Waals surface area (Å²) in [6, 6.07) is 10.1. The molecule has 3 rings (SSSR count). The van der Waals surface area contributed by atoms with Crippen LogP contribution in [0.1, 0.15) is 70.8 Å². The Balaban J connectivity index is 1.42. The van der Waals surface area contributed by atoms with Crippen molar-refractivity contribution in [3.8, 4) is 0 Å². The number of hydrogen-bond donors (Lipinski definition) is 2. The Morgan fingerprint density at radius 2 is 1.79 bits per heavy atom. The van der Waals surface area contributed by atoms with Crippen molar-refractivity contribution in [2.24, 2.45) is 5.92 Å². The minimum absolute atomic E-state index is 0.00286. The number of benzene rings is 1. The summed E-state index contributed by atoms with van der Waals surface area (Å²) < 4.78 is 0. The highest BCUT2D eigenvalue weighted by molar-refractivity contribution is 8.04. The number of carbonyl (C=O) groups is 2. The van der Waals surface area contributed by atoms with Gasteiger partial charge in [0.05, 0.1) is 4.91 Å². The fraction of sp³-hybridized carbons (Fsp3) is 0.630. The largest absolute Gasteiger partial charge is 0.356 e. The van der Waals surface area contributed by atoms with Crippen molar-refractivity contribution in [2.75, 3.05) is 26.2 Å². The molecule has 2 N–H and O–H groups in total. The maximum absolute atomic E-state index is 12.8. The van der Waals surface area contributed by atoms with Crippen LogP contribution in [0.2, 0.25) is 0 Å². The quantitative estimate of drug-likeness (QED) is 0.338. The summed E-state index contributed by atoms with van der Waals surface area (Å²) in [4.78, 5) is 28.8. The predicted octanol–water partition coefficient (Wildman–Crippen LogP) is 4.84. The fourth-order valence-electron chi connectivity index (χ4n) is 4.69. The van der Waals surface area contributed by atoms with E-state index in [1.165, 1.54) is 25.7 Å². The van der Waals surface area contributed by atoms with Crippen LogP contribution in [0.15, 0.2) is 35.2 Å². The molecule has 1 aromatic rings. The van der Waals surface area contributed by atoms with E-state index >= 15 is 0 Å². The molecule has 5 nitrogen and oxygen atoms in total. The van der Waals surface area contributed by atoms with E-state index < -0.39 is 0 Å². The predicted molar refractivity (Wildman–Crippen MR) is 139 cm³/mol. The Bertz CT molecular complexity index is 775. The lowest BCUT2D eigenvalue weighted by molar-refractivity contribution is -0.127. The van der Waals surface area contributed by atoms with E-state index in [0.717, 1.165) is 62.3 Å². The summed E-state index contributed by atoms with van der Waals surface area (Å²) in [6.07, 6.45) is 10.5. The van der Waals surface area contributed by atoms with Crippen molar-refractivity contribution in [1.82, 2.24) is 15.5 Å². The van der Waals surface area contributed by atoms with Gasteiger partial charge in [0.25, 0.3) is 5.91 Å². The van der Waals surface area contributed by atoms with E-state index in [-0.39, 0.29) is 23.8 Å². The molecule has 2 amide bonds. The second-order valence-corrected chi connectivity index (χ2v) is 10.6. The first-order valence-corrected chi connectivity index (χ1v) is 13.7. The van der Waals surface area contributed by atoms with Gasteiger partial charge >= 0.3 is 0 Å². The maximum Gasteiger partial charge on any atom is 0.257 e. The van der Waals surface area contributed by atoms with Crippen molar-refractivity contribution < 1.29 is 9.59 Å². The molecule has 0 bridgehead atoms. The van der Waals surface area contributed by atoms with Crippen LogP contribution in [0.4, 0.5) is 0 Å². The van der Waals surface area contributed by atoms with Gasteiger partial charge in [0.15, 0.2) is 0 Å². The number of amides is 2. The van der Waals surface area contributed by atoms with Crippen LogP contribution in [0.25, 0.3) is 6.08 Å². The molecular weight excluding hydrogens is 430 g/mol. The number of carbonyl (C=O) groups excluding carboxylic acids is 2. The molecule has 1 aliphatic carbocycles. The summed E-state index contributed by atoms with van der Waals surface area (Å²) in [5, 5.41) is 6.71. The summed E-state index contributed by atoms with van der Waals surface area (Å²) in [5.74, 6) is 0.153. The van der Waals surface area contributed by atoms with E-state index in [0.29, 0.717) is 5.25 Å². The van der Waals surface area contributed by atoms with E-state index in [1.54, 1.807) is 11.8 Å². The first kappa shape index (κ1) is 25.8. The lowest BCUT2D eigenvalue weighted by Crippen LogP contribution is -2.51. The molecule has 3 atom stereocenters. The summed E-state index contributed by atoms with van der Waals surface area (Å²) in [7, 11) is 0. The number of rotatable bonds is 12. The van der Waals surface area contributed by atoms with Crippen molar-refractivity contribution in [2.45, 2.75) is 76.5 Å². The molecule has 0 spiro atoms. The fourth-order valence-corrected chi connectivity index (χ4v) is 5.98. The molecule has 2 aliphatic rings. The Morgan fingerprint density at radius 1 is 1.09 bits per heavy atom. The van der Waals surface area contributed by atoms with Gasteiger partial charge in [-0.15, -0.1) is 11.8 Å². The Kier molecular flexibility index (Phi) is 10.8. The Morgan fingerprint density at radius 3 is 2.48 bits per heavy atom. The highest BCUT2D eigenvalue weighted by Gasteiger charge is 2.39. The first-order chi connectivity index (χ1) is 16.1. The lowest BCUT2D eigenvalue weighted by Gasteiger charge is -2.39. The minimum Gasteiger partial charge on any atom is -0.356 e. The van der Waals surface area contributed by atoms with E-state index in [9.17, 15) is 9.59 Å². The van der Waals surface area contributed by atoms with Gasteiger partial charge in [0, 0.05) is 23.8 Å². The third-order valence-electron chi connectivity index (χ3n) is 6.68. The molecule has 3 unspecified atom stereocenters. The van der Waals surface area contributed by atoms with Gasteiger partial charge in [0.2, 0.25) is 5.91 Å². The maximum atomic E-state index is 12.8. The molecule has 0 radical (unpaired) electrons.